The van der Waals surface area contributed by atoms with Crippen LogP contribution in [0.5, 0.6) is 0 Å². The highest BCUT2D eigenvalue weighted by Gasteiger charge is 2.70. The van der Waals surface area contributed by atoms with Gasteiger partial charge in [0.15, 0.2) is 5.66 Å². The van der Waals surface area contributed by atoms with E-state index in [-0.39, 0.29) is 0 Å². The van der Waals surface area contributed by atoms with E-state index < -0.39 is 33.7 Å². The number of β-lactam (4-membered cyclic amide) rings is 1. The third kappa shape index (κ3) is 1.37. The van der Waals surface area contributed by atoms with Crippen LogP contribution in [0.25, 0.3) is 0 Å². The molecule has 3 atom stereocenters. The van der Waals surface area contributed by atoms with Gasteiger partial charge in [0.1, 0.15) is 11.4 Å². The van der Waals surface area contributed by atoms with E-state index >= 15 is 0 Å². The topological polar surface area (TPSA) is 113 Å². The summed E-state index contributed by atoms with van der Waals surface area (Å²) in [5.41, 5.74) is 4.30. The minimum atomic E-state index is -1.48. The van der Waals surface area contributed by atoms with Gasteiger partial charge in [0.05, 0.1) is 0 Å². The highest BCUT2D eigenvalue weighted by molar-refractivity contribution is 8.01. The molecule has 2 amide bonds. The third-order valence-corrected chi connectivity index (χ3v) is 4.77. The first-order chi connectivity index (χ1) is 7.75. The Morgan fingerprint density at radius 2 is 2.24 bits per heavy atom. The smallest absolute Gasteiger partial charge is 0.327 e. The molecule has 17 heavy (non-hydrogen) atoms. The minimum Gasteiger partial charge on any atom is -0.480 e. The molecule has 2 heterocycles. The molecule has 0 bridgehead atoms. The second kappa shape index (κ2) is 3.36. The first-order valence-corrected chi connectivity index (χ1v) is 5.87. The maximum atomic E-state index is 11.9. The number of nitrogens with two attached hydrogens (primary N) is 1. The van der Waals surface area contributed by atoms with Gasteiger partial charge in [-0.3, -0.25) is 15.3 Å². The summed E-state index contributed by atoms with van der Waals surface area (Å²) in [6, 6.07) is -0.921. The predicted octanol–water partition coefficient (Wildman–Crippen LogP) is -1.47. The number of thioether (sulfide) groups is 1. The van der Waals surface area contributed by atoms with Crippen molar-refractivity contribution in [1.29, 1.82) is 0 Å². The summed E-state index contributed by atoms with van der Waals surface area (Å²) in [7, 11) is 0. The molecule has 0 aliphatic carbocycles. The summed E-state index contributed by atoms with van der Waals surface area (Å²) in [5, 5.41) is 10.9. The van der Waals surface area contributed by atoms with Crippen molar-refractivity contribution < 1.29 is 19.5 Å². The molecule has 0 saturated carbocycles. The number of carboxylic acids is 1. The highest BCUT2D eigenvalue weighted by atomic mass is 32.2. The molecule has 0 aromatic rings. The summed E-state index contributed by atoms with van der Waals surface area (Å²) < 4.78 is -0.641. The standard InChI is InChI=1S/C9H13N3O4S/c1-8(2)4(5(14)15)12-6(16)9(10,11-3-13)7(12)17-8/h3-4,7H,10H2,1-2H3,(H,11,13)(H,14,15)/t4-,7+,9-/m0/s1. The minimum absolute atomic E-state index is 0.358. The van der Waals surface area contributed by atoms with Crippen LogP contribution in [0, 0.1) is 0 Å². The van der Waals surface area contributed by atoms with E-state index in [0.717, 1.165) is 0 Å². The Morgan fingerprint density at radius 3 is 2.71 bits per heavy atom. The molecule has 2 saturated heterocycles. The zero-order valence-electron chi connectivity index (χ0n) is 9.34. The Kier molecular flexibility index (Phi) is 2.41. The van der Waals surface area contributed by atoms with Crippen molar-refractivity contribution in [2.45, 2.75) is 35.7 Å². The maximum absolute atomic E-state index is 11.9. The number of amides is 2. The van der Waals surface area contributed by atoms with Crippen LogP contribution in [0.3, 0.4) is 0 Å². The normalized spacial score (nSPS) is 38.3. The Labute approximate surface area is 102 Å². The monoisotopic (exact) mass is 259 g/mol. The Bertz CT molecular complexity index is 413. The first-order valence-electron chi connectivity index (χ1n) is 4.99. The molecule has 0 spiro atoms. The number of nitrogens with one attached hydrogen (secondary N) is 1. The van der Waals surface area contributed by atoms with E-state index in [9.17, 15) is 14.4 Å². The fourth-order valence-electron chi connectivity index (χ4n) is 2.32. The lowest BCUT2D eigenvalue weighted by molar-refractivity contribution is -0.167. The predicted molar refractivity (Wildman–Crippen MR) is 59.8 cm³/mol. The lowest BCUT2D eigenvalue weighted by Gasteiger charge is -2.49. The zero-order chi connectivity index (χ0) is 13.0. The molecule has 7 nitrogen and oxygen atoms in total. The quantitative estimate of drug-likeness (QED) is 0.324. The molecule has 0 radical (unpaired) electrons. The van der Waals surface area contributed by atoms with Crippen LogP contribution in [0.2, 0.25) is 0 Å². The molecule has 4 N–H and O–H groups in total. The van der Waals surface area contributed by atoms with E-state index in [2.05, 4.69) is 5.32 Å². The summed E-state index contributed by atoms with van der Waals surface area (Å²) in [6.45, 7) is 3.48. The SMILES string of the molecule is CC1(C)S[C@H]2N(C(=O)[C@]2(N)NC=O)[C@H]1C(=O)O. The van der Waals surface area contributed by atoms with Gasteiger partial charge in [-0.2, -0.15) is 0 Å². The number of carbonyl (C=O) groups excluding carboxylic acids is 2. The summed E-state index contributed by atoms with van der Waals surface area (Å²) >= 11 is 1.28. The Hall–Kier alpha value is -1.28. The maximum Gasteiger partial charge on any atom is 0.327 e. The lowest BCUT2D eigenvalue weighted by Crippen LogP contribution is -2.83. The van der Waals surface area contributed by atoms with Gasteiger partial charge in [0, 0.05) is 4.75 Å². The molecule has 2 rings (SSSR count). The molecule has 2 aliphatic rings. The summed E-state index contributed by atoms with van der Waals surface area (Å²) in [5.74, 6) is -1.62. The number of fused-ring (bicyclic) bond motifs is 1. The lowest BCUT2D eigenvalue weighted by atomic mass is 9.92. The van der Waals surface area contributed by atoms with E-state index in [1.807, 2.05) is 0 Å². The summed E-state index contributed by atoms with van der Waals surface area (Å²) in [4.78, 5) is 34.7. The van der Waals surface area contributed by atoms with Gasteiger partial charge < -0.3 is 15.3 Å². The van der Waals surface area contributed by atoms with Crippen molar-refractivity contribution in [3.63, 3.8) is 0 Å². The van der Waals surface area contributed by atoms with Crippen molar-refractivity contribution in [1.82, 2.24) is 10.2 Å². The average Bonchev–Trinajstić information content (AvgIpc) is 2.48. The van der Waals surface area contributed by atoms with E-state index in [4.69, 9.17) is 10.8 Å². The van der Waals surface area contributed by atoms with Crippen LogP contribution < -0.4 is 11.1 Å². The zero-order valence-corrected chi connectivity index (χ0v) is 10.2. The number of carbonyl (C=O) groups is 3. The van der Waals surface area contributed by atoms with Gasteiger partial charge in [0.2, 0.25) is 6.41 Å². The third-order valence-electron chi connectivity index (χ3n) is 3.11. The van der Waals surface area contributed by atoms with Gasteiger partial charge in [0.25, 0.3) is 5.91 Å². The van der Waals surface area contributed by atoms with E-state index in [1.165, 1.54) is 16.7 Å². The van der Waals surface area contributed by atoms with Crippen LogP contribution in [0.4, 0.5) is 0 Å². The second-order valence-corrected chi connectivity index (χ2v) is 6.39. The number of rotatable bonds is 3. The van der Waals surface area contributed by atoms with Gasteiger partial charge in [-0.05, 0) is 13.8 Å². The van der Waals surface area contributed by atoms with E-state index in [1.54, 1.807) is 13.8 Å². The molecule has 0 unspecified atom stereocenters. The molecule has 94 valence electrons. The molecule has 2 fully saturated rings. The molecular weight excluding hydrogens is 246 g/mol. The van der Waals surface area contributed by atoms with Crippen molar-refractivity contribution in [3.8, 4) is 0 Å². The van der Waals surface area contributed by atoms with E-state index in [0.29, 0.717) is 6.41 Å². The molecule has 8 heteroatoms. The molecular formula is C9H13N3O4S. The van der Waals surface area contributed by atoms with Gasteiger partial charge >= 0.3 is 5.97 Å². The number of carboxylic acid groups (broad SMARTS) is 1. The van der Waals surface area contributed by atoms with Crippen LogP contribution >= 0.6 is 11.8 Å². The van der Waals surface area contributed by atoms with Crippen LogP contribution in [0.1, 0.15) is 13.8 Å². The fourth-order valence-corrected chi connectivity index (χ4v) is 3.92. The van der Waals surface area contributed by atoms with Gasteiger partial charge in [-0.15, -0.1) is 11.8 Å². The summed E-state index contributed by atoms with van der Waals surface area (Å²) in [6.07, 6.45) is 0.358. The molecule has 0 aromatic heterocycles. The van der Waals surface area contributed by atoms with Crippen LogP contribution in [0.15, 0.2) is 0 Å². The van der Waals surface area contributed by atoms with Crippen molar-refractivity contribution in [3.05, 3.63) is 0 Å². The Balaban J connectivity index is 2.34. The van der Waals surface area contributed by atoms with Crippen LogP contribution in [-0.4, -0.2) is 50.1 Å². The first kappa shape index (κ1) is 12.2. The highest BCUT2D eigenvalue weighted by Crippen LogP contribution is 2.53. The number of aliphatic carboxylic acids is 1. The largest absolute Gasteiger partial charge is 0.480 e. The van der Waals surface area contributed by atoms with Crippen molar-refractivity contribution in [2.75, 3.05) is 0 Å². The average molecular weight is 259 g/mol. The van der Waals surface area contributed by atoms with Crippen molar-refractivity contribution in [2.24, 2.45) is 5.73 Å². The molecule has 0 aromatic carbocycles. The Morgan fingerprint density at radius 1 is 1.65 bits per heavy atom. The number of nitrogens with zero attached hydrogens (tertiary/aromatic N) is 1. The van der Waals surface area contributed by atoms with Crippen molar-refractivity contribution >= 4 is 30.0 Å². The molecule has 2 aliphatic heterocycles. The van der Waals surface area contributed by atoms with Gasteiger partial charge in [-0.1, -0.05) is 0 Å². The number of hydrogen-bond acceptors (Lipinski definition) is 5. The fraction of sp³-hybridized carbons (Fsp3) is 0.667. The van der Waals surface area contributed by atoms with Crippen LogP contribution in [-0.2, 0) is 14.4 Å². The second-order valence-electron chi connectivity index (χ2n) is 4.66. The van der Waals surface area contributed by atoms with Gasteiger partial charge in [-0.25, -0.2) is 4.79 Å². The number of hydrogen-bond donors (Lipinski definition) is 3.